The van der Waals surface area contributed by atoms with Crippen LogP contribution in [0.15, 0.2) is 24.4 Å². The quantitative estimate of drug-likeness (QED) is 0.908. The van der Waals surface area contributed by atoms with Gasteiger partial charge in [0.1, 0.15) is 11.6 Å². The van der Waals surface area contributed by atoms with Crippen molar-refractivity contribution in [2.45, 2.75) is 19.9 Å². The van der Waals surface area contributed by atoms with Crippen LogP contribution in [0.2, 0.25) is 0 Å². The molecule has 1 aromatic carbocycles. The van der Waals surface area contributed by atoms with Gasteiger partial charge < -0.3 is 5.32 Å². The fourth-order valence-corrected chi connectivity index (χ4v) is 1.90. The van der Waals surface area contributed by atoms with Crippen molar-refractivity contribution >= 4 is 5.69 Å². The minimum atomic E-state index is -0.442. The molecule has 0 spiro atoms. The standard InChI is InChI=1S/C13H15F2N3/c1-8(11-6-10(14)4-5-12(11)15)16-13-7-18(3)17-9(13)2/h4-8,16H,1-3H3. The van der Waals surface area contributed by atoms with Crippen molar-refractivity contribution < 1.29 is 8.78 Å². The molecule has 0 amide bonds. The van der Waals surface area contributed by atoms with Gasteiger partial charge in [-0.1, -0.05) is 0 Å². The van der Waals surface area contributed by atoms with Crippen LogP contribution in [0.25, 0.3) is 0 Å². The van der Waals surface area contributed by atoms with E-state index >= 15 is 0 Å². The third kappa shape index (κ3) is 2.50. The first kappa shape index (κ1) is 12.5. The van der Waals surface area contributed by atoms with Crippen LogP contribution in [0.5, 0.6) is 0 Å². The summed E-state index contributed by atoms with van der Waals surface area (Å²) < 4.78 is 28.4. The average Bonchev–Trinajstić information content (AvgIpc) is 2.61. The number of aromatic nitrogens is 2. The van der Waals surface area contributed by atoms with Crippen LogP contribution >= 0.6 is 0 Å². The maximum absolute atomic E-state index is 13.6. The Hall–Kier alpha value is -1.91. The zero-order valence-electron chi connectivity index (χ0n) is 10.5. The predicted octanol–water partition coefficient (Wildman–Crippen LogP) is 3.18. The summed E-state index contributed by atoms with van der Waals surface area (Å²) in [4.78, 5) is 0. The minimum absolute atomic E-state index is 0.304. The number of nitrogens with zero attached hydrogens (tertiary/aromatic N) is 2. The van der Waals surface area contributed by atoms with Crippen LogP contribution in [0.3, 0.4) is 0 Å². The number of anilines is 1. The molecule has 3 nitrogen and oxygen atoms in total. The normalized spacial score (nSPS) is 12.5. The Bertz CT molecular complexity index is 563. The molecule has 0 radical (unpaired) electrons. The molecule has 0 bridgehead atoms. The van der Waals surface area contributed by atoms with Crippen molar-refractivity contribution in [3.05, 3.63) is 47.3 Å². The highest BCUT2D eigenvalue weighted by Crippen LogP contribution is 2.23. The largest absolute Gasteiger partial charge is 0.376 e. The first-order chi connectivity index (χ1) is 8.47. The third-order valence-corrected chi connectivity index (χ3v) is 2.81. The predicted molar refractivity (Wildman–Crippen MR) is 66.3 cm³/mol. The maximum Gasteiger partial charge on any atom is 0.128 e. The van der Waals surface area contributed by atoms with Gasteiger partial charge in [-0.15, -0.1) is 0 Å². The van der Waals surface area contributed by atoms with Gasteiger partial charge in [-0.2, -0.15) is 5.10 Å². The summed E-state index contributed by atoms with van der Waals surface area (Å²) in [6.45, 7) is 3.64. The van der Waals surface area contributed by atoms with E-state index in [1.165, 1.54) is 6.07 Å². The molecule has 1 heterocycles. The molecule has 96 valence electrons. The molecule has 1 atom stereocenters. The van der Waals surface area contributed by atoms with E-state index in [0.717, 1.165) is 23.5 Å². The Balaban J connectivity index is 2.24. The Morgan fingerprint density at radius 2 is 2.06 bits per heavy atom. The van der Waals surface area contributed by atoms with Gasteiger partial charge in [0.15, 0.2) is 0 Å². The molecule has 1 N–H and O–H groups in total. The highest BCUT2D eigenvalue weighted by Gasteiger charge is 2.13. The fraction of sp³-hybridized carbons (Fsp3) is 0.308. The highest BCUT2D eigenvalue weighted by molar-refractivity contribution is 5.47. The van der Waals surface area contributed by atoms with E-state index < -0.39 is 11.6 Å². The number of halogens is 2. The van der Waals surface area contributed by atoms with Gasteiger partial charge in [0.05, 0.1) is 17.4 Å². The summed E-state index contributed by atoms with van der Waals surface area (Å²) in [6, 6.07) is 3.13. The van der Waals surface area contributed by atoms with E-state index in [4.69, 9.17) is 0 Å². The number of rotatable bonds is 3. The number of nitrogens with one attached hydrogen (secondary N) is 1. The number of benzene rings is 1. The number of hydrogen-bond donors (Lipinski definition) is 1. The van der Waals surface area contributed by atoms with E-state index in [1.54, 1.807) is 11.6 Å². The van der Waals surface area contributed by atoms with E-state index in [9.17, 15) is 8.78 Å². The molecule has 0 saturated heterocycles. The van der Waals surface area contributed by atoms with Crippen LogP contribution in [-0.2, 0) is 7.05 Å². The second-order valence-corrected chi connectivity index (χ2v) is 4.33. The van der Waals surface area contributed by atoms with Crippen LogP contribution in [0.4, 0.5) is 14.5 Å². The molecule has 0 saturated carbocycles. The number of aryl methyl sites for hydroxylation is 2. The van der Waals surface area contributed by atoms with Crippen molar-refractivity contribution in [2.24, 2.45) is 7.05 Å². The summed E-state index contributed by atoms with van der Waals surface area (Å²) in [7, 11) is 1.81. The van der Waals surface area contributed by atoms with E-state index in [-0.39, 0.29) is 6.04 Å². The van der Waals surface area contributed by atoms with Gasteiger partial charge in [0.2, 0.25) is 0 Å². The SMILES string of the molecule is Cc1nn(C)cc1NC(C)c1cc(F)ccc1F. The molecule has 0 aliphatic heterocycles. The van der Waals surface area contributed by atoms with Crippen molar-refractivity contribution in [1.82, 2.24) is 9.78 Å². The fourth-order valence-electron chi connectivity index (χ4n) is 1.90. The highest BCUT2D eigenvalue weighted by atomic mass is 19.1. The zero-order valence-corrected chi connectivity index (χ0v) is 10.5. The summed E-state index contributed by atoms with van der Waals surface area (Å²) in [6.07, 6.45) is 1.81. The lowest BCUT2D eigenvalue weighted by atomic mass is 10.1. The van der Waals surface area contributed by atoms with Crippen molar-refractivity contribution in [1.29, 1.82) is 0 Å². The summed E-state index contributed by atoms with van der Waals surface area (Å²) >= 11 is 0. The van der Waals surface area contributed by atoms with Gasteiger partial charge in [-0.25, -0.2) is 8.78 Å². The monoisotopic (exact) mass is 251 g/mol. The molecule has 0 aliphatic carbocycles. The Labute approximate surface area is 104 Å². The summed E-state index contributed by atoms with van der Waals surface area (Å²) in [5, 5.41) is 7.31. The van der Waals surface area contributed by atoms with Gasteiger partial charge >= 0.3 is 0 Å². The molecule has 5 heteroatoms. The summed E-state index contributed by atoms with van der Waals surface area (Å²) in [5.41, 5.74) is 1.94. The maximum atomic E-state index is 13.6. The van der Waals surface area contributed by atoms with E-state index in [2.05, 4.69) is 10.4 Å². The molecule has 2 aromatic rings. The number of hydrogen-bond acceptors (Lipinski definition) is 2. The molecule has 18 heavy (non-hydrogen) atoms. The second kappa shape index (κ2) is 4.76. The molecular weight excluding hydrogens is 236 g/mol. The molecule has 1 unspecified atom stereocenters. The molecule has 1 aromatic heterocycles. The molecule has 2 rings (SSSR count). The van der Waals surface area contributed by atoms with Crippen LogP contribution < -0.4 is 5.32 Å². The summed E-state index contributed by atoms with van der Waals surface area (Å²) in [5.74, 6) is -0.860. The van der Waals surface area contributed by atoms with Crippen LogP contribution in [0, 0.1) is 18.6 Å². The second-order valence-electron chi connectivity index (χ2n) is 4.33. The van der Waals surface area contributed by atoms with Gasteiger partial charge in [0.25, 0.3) is 0 Å². The van der Waals surface area contributed by atoms with Gasteiger partial charge in [-0.05, 0) is 32.0 Å². The average molecular weight is 251 g/mol. The van der Waals surface area contributed by atoms with Crippen molar-refractivity contribution in [3.63, 3.8) is 0 Å². The van der Waals surface area contributed by atoms with Crippen molar-refractivity contribution in [3.8, 4) is 0 Å². The van der Waals surface area contributed by atoms with Gasteiger partial charge in [0, 0.05) is 18.8 Å². The lowest BCUT2D eigenvalue weighted by Crippen LogP contribution is -2.09. The van der Waals surface area contributed by atoms with Crippen LogP contribution in [-0.4, -0.2) is 9.78 Å². The van der Waals surface area contributed by atoms with E-state index in [0.29, 0.717) is 5.56 Å². The molecular formula is C13H15F2N3. The van der Waals surface area contributed by atoms with Gasteiger partial charge in [-0.3, -0.25) is 4.68 Å². The third-order valence-electron chi connectivity index (χ3n) is 2.81. The lowest BCUT2D eigenvalue weighted by molar-refractivity contribution is 0.577. The molecule has 0 fully saturated rings. The van der Waals surface area contributed by atoms with Crippen molar-refractivity contribution in [2.75, 3.05) is 5.32 Å². The smallest absolute Gasteiger partial charge is 0.128 e. The molecule has 0 aliphatic rings. The minimum Gasteiger partial charge on any atom is -0.376 e. The topological polar surface area (TPSA) is 29.9 Å². The first-order valence-corrected chi connectivity index (χ1v) is 5.69. The Morgan fingerprint density at radius 3 is 2.67 bits per heavy atom. The first-order valence-electron chi connectivity index (χ1n) is 5.69. The lowest BCUT2D eigenvalue weighted by Gasteiger charge is -2.15. The Morgan fingerprint density at radius 1 is 1.33 bits per heavy atom. The Kier molecular flexibility index (Phi) is 3.32. The zero-order chi connectivity index (χ0) is 13.3. The van der Waals surface area contributed by atoms with Crippen LogP contribution in [0.1, 0.15) is 24.2 Å². The van der Waals surface area contributed by atoms with E-state index in [1.807, 2.05) is 20.2 Å².